The number of hydrogen-bond donors (Lipinski definition) is 2. The van der Waals surface area contributed by atoms with Gasteiger partial charge < -0.3 is 20.1 Å². The third-order valence-electron chi connectivity index (χ3n) is 4.31. The summed E-state index contributed by atoms with van der Waals surface area (Å²) in [5.74, 6) is 1.04. The van der Waals surface area contributed by atoms with Gasteiger partial charge in [0.1, 0.15) is 11.5 Å². The minimum Gasteiger partial charge on any atom is -0.508 e. The molecule has 0 aliphatic carbocycles. The van der Waals surface area contributed by atoms with Crippen LogP contribution < -0.4 is 10.1 Å². The van der Waals surface area contributed by atoms with Crippen molar-refractivity contribution in [2.24, 2.45) is 0 Å². The van der Waals surface area contributed by atoms with Crippen LogP contribution in [-0.2, 0) is 11.2 Å². The van der Waals surface area contributed by atoms with E-state index in [1.807, 2.05) is 35.2 Å². The maximum absolute atomic E-state index is 12.8. The molecule has 1 heterocycles. The van der Waals surface area contributed by atoms with E-state index in [4.69, 9.17) is 4.74 Å². The molecule has 1 saturated heterocycles. The molecule has 2 N–H and O–H groups in total. The number of methoxy groups -OCH3 is 1. The Morgan fingerprint density at radius 3 is 2.92 bits per heavy atom. The highest BCUT2D eigenvalue weighted by atomic mass is 16.5. The van der Waals surface area contributed by atoms with Gasteiger partial charge in [-0.1, -0.05) is 24.3 Å². The summed E-state index contributed by atoms with van der Waals surface area (Å²) in [6.45, 7) is 2.17. The van der Waals surface area contributed by atoms with E-state index in [0.29, 0.717) is 6.54 Å². The highest BCUT2D eigenvalue weighted by Crippen LogP contribution is 2.26. The van der Waals surface area contributed by atoms with Gasteiger partial charge in [-0.2, -0.15) is 0 Å². The van der Waals surface area contributed by atoms with Crippen molar-refractivity contribution >= 4 is 5.91 Å². The van der Waals surface area contributed by atoms with E-state index >= 15 is 0 Å². The van der Waals surface area contributed by atoms with E-state index in [9.17, 15) is 9.90 Å². The number of aromatic hydroxyl groups is 1. The van der Waals surface area contributed by atoms with Crippen molar-refractivity contribution in [3.63, 3.8) is 0 Å². The third-order valence-corrected chi connectivity index (χ3v) is 4.31. The van der Waals surface area contributed by atoms with E-state index < -0.39 is 0 Å². The molecule has 1 atom stereocenters. The number of phenols is 1. The Morgan fingerprint density at radius 2 is 2.12 bits per heavy atom. The number of phenolic OH excluding ortho intramolecular Hbond substituents is 1. The van der Waals surface area contributed by atoms with E-state index in [0.717, 1.165) is 30.0 Å². The van der Waals surface area contributed by atoms with Crippen LogP contribution in [0.25, 0.3) is 0 Å². The largest absolute Gasteiger partial charge is 0.508 e. The summed E-state index contributed by atoms with van der Waals surface area (Å²) >= 11 is 0. The Balaban J connectivity index is 1.79. The molecule has 1 fully saturated rings. The monoisotopic (exact) mass is 326 g/mol. The standard InChI is InChI=1S/C19H22N2O3/c1-24-17-7-3-5-15(12-17)18-13-20-8-9-21(18)19(23)11-14-4-2-6-16(22)10-14/h2-7,10,12,18,20,22H,8-9,11,13H2,1H3. The maximum atomic E-state index is 12.8. The summed E-state index contributed by atoms with van der Waals surface area (Å²) in [5.41, 5.74) is 1.88. The van der Waals surface area contributed by atoms with Crippen molar-refractivity contribution < 1.29 is 14.6 Å². The first kappa shape index (κ1) is 16.3. The van der Waals surface area contributed by atoms with Crippen molar-refractivity contribution in [1.82, 2.24) is 10.2 Å². The van der Waals surface area contributed by atoms with Crippen molar-refractivity contribution in [3.8, 4) is 11.5 Å². The van der Waals surface area contributed by atoms with Gasteiger partial charge in [-0.3, -0.25) is 4.79 Å². The zero-order valence-electron chi connectivity index (χ0n) is 13.7. The minimum absolute atomic E-state index is 0.0151. The summed E-state index contributed by atoms with van der Waals surface area (Å²) in [6.07, 6.45) is 0.287. The quantitative estimate of drug-likeness (QED) is 0.903. The van der Waals surface area contributed by atoms with Crippen LogP contribution in [-0.4, -0.2) is 42.7 Å². The molecule has 3 rings (SSSR count). The second kappa shape index (κ2) is 7.36. The first-order chi connectivity index (χ1) is 11.7. The second-order valence-corrected chi connectivity index (χ2v) is 5.93. The fraction of sp³-hybridized carbons (Fsp3) is 0.316. The minimum atomic E-state index is -0.0151. The molecule has 24 heavy (non-hydrogen) atoms. The lowest BCUT2D eigenvalue weighted by molar-refractivity contribution is -0.133. The van der Waals surface area contributed by atoms with Crippen LogP contribution >= 0.6 is 0 Å². The van der Waals surface area contributed by atoms with Gasteiger partial charge >= 0.3 is 0 Å². The topological polar surface area (TPSA) is 61.8 Å². The molecule has 0 bridgehead atoms. The van der Waals surface area contributed by atoms with Crippen LogP contribution in [0.2, 0.25) is 0 Å². The normalized spacial score (nSPS) is 17.5. The predicted octanol–water partition coefficient (Wildman–Crippen LogP) is 2.12. The number of piperazine rings is 1. The average molecular weight is 326 g/mol. The van der Waals surface area contributed by atoms with Gasteiger partial charge in [0.25, 0.3) is 0 Å². The Bertz CT molecular complexity index is 717. The summed E-state index contributed by atoms with van der Waals surface area (Å²) in [5, 5.41) is 12.9. The lowest BCUT2D eigenvalue weighted by atomic mass is 10.0. The first-order valence-electron chi connectivity index (χ1n) is 8.09. The highest BCUT2D eigenvalue weighted by Gasteiger charge is 2.28. The number of rotatable bonds is 4. The zero-order chi connectivity index (χ0) is 16.9. The third kappa shape index (κ3) is 3.68. The van der Waals surface area contributed by atoms with Crippen molar-refractivity contribution in [2.45, 2.75) is 12.5 Å². The zero-order valence-corrected chi connectivity index (χ0v) is 13.7. The van der Waals surface area contributed by atoms with Crippen LogP contribution in [0.5, 0.6) is 11.5 Å². The SMILES string of the molecule is COc1cccc(C2CNCCN2C(=O)Cc2cccc(O)c2)c1. The number of ether oxygens (including phenoxy) is 1. The molecule has 5 heteroatoms. The molecular formula is C19H22N2O3. The fourth-order valence-corrected chi connectivity index (χ4v) is 3.09. The summed E-state index contributed by atoms with van der Waals surface area (Å²) in [7, 11) is 1.64. The maximum Gasteiger partial charge on any atom is 0.227 e. The van der Waals surface area contributed by atoms with Crippen LogP contribution in [0.15, 0.2) is 48.5 Å². The number of carbonyl (C=O) groups excluding carboxylic acids is 1. The molecule has 126 valence electrons. The van der Waals surface area contributed by atoms with Gasteiger partial charge in [-0.05, 0) is 35.4 Å². The molecule has 1 amide bonds. The number of benzene rings is 2. The molecule has 2 aromatic carbocycles. The Morgan fingerprint density at radius 1 is 1.29 bits per heavy atom. The molecule has 0 aromatic heterocycles. The van der Waals surface area contributed by atoms with Crippen LogP contribution in [0, 0.1) is 0 Å². The number of carbonyl (C=O) groups is 1. The fourth-order valence-electron chi connectivity index (χ4n) is 3.09. The lowest BCUT2D eigenvalue weighted by Gasteiger charge is -2.36. The van der Waals surface area contributed by atoms with Gasteiger partial charge in [0, 0.05) is 19.6 Å². The number of nitrogens with zero attached hydrogens (tertiary/aromatic N) is 1. The number of nitrogens with one attached hydrogen (secondary N) is 1. The van der Waals surface area contributed by atoms with Crippen LogP contribution in [0.3, 0.4) is 0 Å². The van der Waals surface area contributed by atoms with E-state index in [-0.39, 0.29) is 24.1 Å². The predicted molar refractivity (Wildman–Crippen MR) is 92.1 cm³/mol. The Kier molecular flexibility index (Phi) is 5.01. The first-order valence-corrected chi connectivity index (χ1v) is 8.09. The number of amides is 1. The van der Waals surface area contributed by atoms with Crippen molar-refractivity contribution in [2.75, 3.05) is 26.7 Å². The van der Waals surface area contributed by atoms with Crippen molar-refractivity contribution in [1.29, 1.82) is 0 Å². The van der Waals surface area contributed by atoms with Gasteiger partial charge in [-0.15, -0.1) is 0 Å². The van der Waals surface area contributed by atoms with Gasteiger partial charge in [0.05, 0.1) is 19.6 Å². The second-order valence-electron chi connectivity index (χ2n) is 5.93. The smallest absolute Gasteiger partial charge is 0.227 e. The molecule has 0 saturated carbocycles. The Labute approximate surface area is 141 Å². The summed E-state index contributed by atoms with van der Waals surface area (Å²) < 4.78 is 5.30. The highest BCUT2D eigenvalue weighted by molar-refractivity contribution is 5.79. The lowest BCUT2D eigenvalue weighted by Crippen LogP contribution is -2.49. The average Bonchev–Trinajstić information content (AvgIpc) is 2.62. The molecule has 5 nitrogen and oxygen atoms in total. The number of hydrogen-bond acceptors (Lipinski definition) is 4. The molecule has 2 aromatic rings. The van der Waals surface area contributed by atoms with Crippen molar-refractivity contribution in [3.05, 3.63) is 59.7 Å². The Hall–Kier alpha value is -2.53. The molecule has 1 aliphatic heterocycles. The van der Waals surface area contributed by atoms with E-state index in [1.165, 1.54) is 0 Å². The van der Waals surface area contributed by atoms with Gasteiger partial charge in [0.15, 0.2) is 0 Å². The molecular weight excluding hydrogens is 304 g/mol. The van der Waals surface area contributed by atoms with Gasteiger partial charge in [0.2, 0.25) is 5.91 Å². The molecule has 0 spiro atoms. The molecule has 0 radical (unpaired) electrons. The molecule has 1 unspecified atom stereocenters. The van der Waals surface area contributed by atoms with Gasteiger partial charge in [-0.25, -0.2) is 0 Å². The summed E-state index contributed by atoms with van der Waals surface area (Å²) in [4.78, 5) is 14.7. The molecule has 1 aliphatic rings. The van der Waals surface area contributed by atoms with E-state index in [2.05, 4.69) is 5.32 Å². The van der Waals surface area contributed by atoms with E-state index in [1.54, 1.807) is 25.3 Å². The van der Waals surface area contributed by atoms with Crippen LogP contribution in [0.1, 0.15) is 17.2 Å². The summed E-state index contributed by atoms with van der Waals surface area (Å²) in [6, 6.07) is 14.7. The van der Waals surface area contributed by atoms with Crippen LogP contribution in [0.4, 0.5) is 0 Å².